The van der Waals surface area contributed by atoms with Crippen molar-refractivity contribution < 1.29 is 13.5 Å². The van der Waals surface area contributed by atoms with E-state index in [9.17, 15) is 8.42 Å². The van der Waals surface area contributed by atoms with Gasteiger partial charge in [0.05, 0.1) is 11.5 Å². The normalized spacial score (nSPS) is 19.8. The molecule has 4 nitrogen and oxygen atoms in total. The number of benzene rings is 1. The number of aliphatic hydroxyl groups excluding tert-OH is 1. The average Bonchev–Trinajstić information content (AvgIpc) is 2.69. The van der Waals surface area contributed by atoms with E-state index in [-0.39, 0.29) is 17.0 Å². The van der Waals surface area contributed by atoms with Crippen LogP contribution in [0.15, 0.2) is 27.6 Å². The summed E-state index contributed by atoms with van der Waals surface area (Å²) in [5.74, 6) is 0. The molecule has 0 radical (unpaired) electrons. The van der Waals surface area contributed by atoms with Crippen LogP contribution in [0.2, 0.25) is 0 Å². The Morgan fingerprint density at radius 1 is 1.42 bits per heavy atom. The minimum Gasteiger partial charge on any atom is -0.392 e. The van der Waals surface area contributed by atoms with Gasteiger partial charge in [-0.05, 0) is 60.3 Å². The van der Waals surface area contributed by atoms with Gasteiger partial charge in [0.15, 0.2) is 0 Å². The molecule has 1 aromatic carbocycles. The summed E-state index contributed by atoms with van der Waals surface area (Å²) >= 11 is 3.29. The van der Waals surface area contributed by atoms with Crippen LogP contribution in [0.3, 0.4) is 0 Å². The molecule has 1 heterocycles. The maximum Gasteiger partial charge on any atom is 0.244 e. The van der Waals surface area contributed by atoms with Crippen molar-refractivity contribution in [1.82, 2.24) is 4.31 Å². The van der Waals surface area contributed by atoms with Crippen LogP contribution in [-0.2, 0) is 16.6 Å². The molecule has 1 saturated heterocycles. The predicted molar refractivity (Wildman–Crippen MR) is 77.3 cm³/mol. The predicted octanol–water partition coefficient (Wildman–Crippen LogP) is 2.50. The highest BCUT2D eigenvalue weighted by atomic mass is 79.9. The van der Waals surface area contributed by atoms with Crippen molar-refractivity contribution in [3.05, 3.63) is 28.2 Å². The topological polar surface area (TPSA) is 57.6 Å². The van der Waals surface area contributed by atoms with E-state index in [0.717, 1.165) is 12.8 Å². The van der Waals surface area contributed by atoms with Crippen LogP contribution in [0.5, 0.6) is 0 Å². The Labute approximate surface area is 122 Å². The fourth-order valence-corrected chi connectivity index (χ4v) is 5.43. The fraction of sp³-hybridized carbons (Fsp3) is 0.538. The first-order valence-corrected chi connectivity index (χ1v) is 8.44. The van der Waals surface area contributed by atoms with E-state index in [2.05, 4.69) is 15.9 Å². The van der Waals surface area contributed by atoms with Crippen molar-refractivity contribution in [3.8, 4) is 0 Å². The van der Waals surface area contributed by atoms with E-state index < -0.39 is 10.0 Å². The highest BCUT2D eigenvalue weighted by molar-refractivity contribution is 9.10. The number of halogens is 1. The summed E-state index contributed by atoms with van der Waals surface area (Å²) in [6.45, 7) is 4.36. The lowest BCUT2D eigenvalue weighted by Gasteiger charge is -2.30. The summed E-state index contributed by atoms with van der Waals surface area (Å²) < 4.78 is 27.5. The molecule has 0 saturated carbocycles. The molecule has 0 aliphatic carbocycles. The van der Waals surface area contributed by atoms with Gasteiger partial charge < -0.3 is 5.11 Å². The molecule has 2 rings (SSSR count). The number of aliphatic hydroxyl groups is 1. The van der Waals surface area contributed by atoms with Gasteiger partial charge in [-0.3, -0.25) is 0 Å². The zero-order valence-corrected chi connectivity index (χ0v) is 13.5. The molecule has 1 aromatic rings. The number of hydrogen-bond donors (Lipinski definition) is 1. The van der Waals surface area contributed by atoms with Gasteiger partial charge in [-0.1, -0.05) is 6.07 Å². The van der Waals surface area contributed by atoms with Gasteiger partial charge in [0.1, 0.15) is 0 Å². The van der Waals surface area contributed by atoms with E-state index >= 15 is 0 Å². The average molecular weight is 348 g/mol. The zero-order valence-electron chi connectivity index (χ0n) is 11.1. The monoisotopic (exact) mass is 347 g/mol. The quantitative estimate of drug-likeness (QED) is 0.913. The van der Waals surface area contributed by atoms with Crippen molar-refractivity contribution in [2.75, 3.05) is 6.54 Å². The lowest BCUT2D eigenvalue weighted by atomic mass is 10.0. The van der Waals surface area contributed by atoms with Crippen LogP contribution in [0.1, 0.15) is 32.3 Å². The molecular weight excluding hydrogens is 330 g/mol. The summed E-state index contributed by atoms with van der Waals surface area (Å²) in [6, 6.07) is 4.84. The second-order valence-electron chi connectivity index (χ2n) is 5.42. The van der Waals surface area contributed by atoms with Gasteiger partial charge in [0.25, 0.3) is 0 Å². The molecule has 1 N–H and O–H groups in total. The highest BCUT2D eigenvalue weighted by Crippen LogP contribution is 2.36. The smallest absolute Gasteiger partial charge is 0.244 e. The van der Waals surface area contributed by atoms with Gasteiger partial charge in [-0.15, -0.1) is 0 Å². The summed E-state index contributed by atoms with van der Waals surface area (Å²) in [5.41, 5.74) is 0.347. The van der Waals surface area contributed by atoms with Crippen molar-refractivity contribution in [1.29, 1.82) is 0 Å². The Morgan fingerprint density at radius 3 is 2.58 bits per heavy atom. The maximum atomic E-state index is 12.7. The molecule has 1 fully saturated rings. The maximum absolute atomic E-state index is 12.7. The van der Waals surface area contributed by atoms with Crippen LogP contribution >= 0.6 is 15.9 Å². The number of nitrogens with zero attached hydrogens (tertiary/aromatic N) is 1. The molecule has 0 unspecified atom stereocenters. The highest BCUT2D eigenvalue weighted by Gasteiger charge is 2.41. The second kappa shape index (κ2) is 5.16. The molecule has 19 heavy (non-hydrogen) atoms. The molecule has 0 atom stereocenters. The summed E-state index contributed by atoms with van der Waals surface area (Å²) in [6.07, 6.45) is 1.76. The number of rotatable bonds is 3. The van der Waals surface area contributed by atoms with E-state index in [1.807, 2.05) is 13.8 Å². The largest absolute Gasteiger partial charge is 0.392 e. The van der Waals surface area contributed by atoms with Crippen LogP contribution in [-0.4, -0.2) is 29.9 Å². The lowest BCUT2D eigenvalue weighted by molar-refractivity contribution is 0.281. The molecule has 106 valence electrons. The third-order valence-corrected chi connectivity index (χ3v) is 6.66. The summed E-state index contributed by atoms with van der Waals surface area (Å²) in [7, 11) is -3.50. The molecule has 1 aliphatic rings. The van der Waals surface area contributed by atoms with E-state index in [0.29, 0.717) is 16.6 Å². The van der Waals surface area contributed by atoms with Crippen LogP contribution in [0.4, 0.5) is 0 Å². The molecule has 0 spiro atoms. The van der Waals surface area contributed by atoms with Crippen LogP contribution in [0.25, 0.3) is 0 Å². The summed E-state index contributed by atoms with van der Waals surface area (Å²) in [5, 5.41) is 9.07. The van der Waals surface area contributed by atoms with E-state index in [1.54, 1.807) is 22.5 Å². The van der Waals surface area contributed by atoms with Gasteiger partial charge >= 0.3 is 0 Å². The molecule has 0 aromatic heterocycles. The first-order valence-electron chi connectivity index (χ1n) is 6.21. The first-order chi connectivity index (χ1) is 8.79. The standard InChI is InChI=1S/C13H18BrNO3S/c1-13(2)6-3-7-15(13)19(17,18)12-5-4-10(9-16)8-11(12)14/h4-5,8,16H,3,6-7,9H2,1-2H3. The number of hydrogen-bond acceptors (Lipinski definition) is 3. The molecule has 6 heteroatoms. The molecular formula is C13H18BrNO3S. The van der Waals surface area contributed by atoms with Crippen molar-refractivity contribution in [2.45, 2.75) is 43.7 Å². The fourth-order valence-electron chi connectivity index (χ4n) is 2.50. The van der Waals surface area contributed by atoms with Crippen molar-refractivity contribution in [2.24, 2.45) is 0 Å². The zero-order chi connectivity index (χ0) is 14.3. The minimum atomic E-state index is -3.50. The Bertz CT molecular complexity index is 584. The summed E-state index contributed by atoms with van der Waals surface area (Å²) in [4.78, 5) is 0.264. The molecule has 0 bridgehead atoms. The van der Waals surface area contributed by atoms with Crippen molar-refractivity contribution >= 4 is 26.0 Å². The number of sulfonamides is 1. The van der Waals surface area contributed by atoms with Crippen LogP contribution in [0, 0.1) is 0 Å². The Morgan fingerprint density at radius 2 is 2.11 bits per heavy atom. The SMILES string of the molecule is CC1(C)CCCN1S(=O)(=O)c1ccc(CO)cc1Br. The van der Waals surface area contributed by atoms with E-state index in [1.165, 1.54) is 0 Å². The van der Waals surface area contributed by atoms with Crippen molar-refractivity contribution in [3.63, 3.8) is 0 Å². The van der Waals surface area contributed by atoms with Gasteiger partial charge in [-0.2, -0.15) is 4.31 Å². The minimum absolute atomic E-state index is 0.103. The second-order valence-corrected chi connectivity index (χ2v) is 8.10. The third kappa shape index (κ3) is 2.72. The Balaban J connectivity index is 2.46. The lowest BCUT2D eigenvalue weighted by Crippen LogP contribution is -2.42. The molecule has 1 aliphatic heterocycles. The Hall–Kier alpha value is -0.430. The molecule has 0 amide bonds. The van der Waals surface area contributed by atoms with Gasteiger partial charge in [-0.25, -0.2) is 8.42 Å². The third-order valence-electron chi connectivity index (χ3n) is 3.57. The van der Waals surface area contributed by atoms with Gasteiger partial charge in [0, 0.05) is 16.6 Å². The van der Waals surface area contributed by atoms with Crippen LogP contribution < -0.4 is 0 Å². The van der Waals surface area contributed by atoms with Gasteiger partial charge in [0.2, 0.25) is 10.0 Å². The first kappa shape index (κ1) is 15.0. The van der Waals surface area contributed by atoms with E-state index in [4.69, 9.17) is 5.11 Å². The Kier molecular flexibility index (Phi) is 4.07.